The van der Waals surface area contributed by atoms with Crippen molar-refractivity contribution in [1.29, 1.82) is 0 Å². The maximum absolute atomic E-state index is 12.5. The van der Waals surface area contributed by atoms with Crippen LogP contribution in [-0.2, 0) is 16.1 Å². The molecule has 0 fully saturated rings. The van der Waals surface area contributed by atoms with E-state index in [1.807, 2.05) is 6.07 Å². The molecule has 1 aromatic heterocycles. The summed E-state index contributed by atoms with van der Waals surface area (Å²) in [5.74, 6) is 1.12. The van der Waals surface area contributed by atoms with Crippen LogP contribution < -0.4 is 20.1 Å². The molecule has 140 valence electrons. The highest BCUT2D eigenvalue weighted by atomic mass is 16.5. The number of hydrogen-bond donors (Lipinski definition) is 2. The first kappa shape index (κ1) is 19.3. The third kappa shape index (κ3) is 4.33. The monoisotopic (exact) mass is 361 g/mol. The third-order valence-corrected chi connectivity index (χ3v) is 3.91. The lowest BCUT2D eigenvalue weighted by atomic mass is 9.91. The zero-order valence-corrected chi connectivity index (χ0v) is 15.5. The van der Waals surface area contributed by atoms with E-state index in [2.05, 4.69) is 15.8 Å². The first-order valence-corrected chi connectivity index (χ1v) is 8.02. The minimum atomic E-state index is -1.29. The molecule has 0 aliphatic carbocycles. The van der Waals surface area contributed by atoms with Crippen molar-refractivity contribution >= 4 is 17.6 Å². The first-order valence-electron chi connectivity index (χ1n) is 8.02. The predicted molar refractivity (Wildman–Crippen MR) is 95.0 cm³/mol. The molecule has 0 spiro atoms. The number of anilines is 1. The van der Waals surface area contributed by atoms with Crippen molar-refractivity contribution in [2.75, 3.05) is 19.5 Å². The Kier molecular flexibility index (Phi) is 5.86. The SMILES string of the molecule is COc1ccc(CNC(=O)C(C)(C)C(=O)Nc2cc(C)on2)cc1OC. The van der Waals surface area contributed by atoms with Gasteiger partial charge >= 0.3 is 0 Å². The Morgan fingerprint density at radius 2 is 1.81 bits per heavy atom. The summed E-state index contributed by atoms with van der Waals surface area (Å²) in [7, 11) is 3.09. The Morgan fingerprint density at radius 3 is 2.38 bits per heavy atom. The highest BCUT2D eigenvalue weighted by Crippen LogP contribution is 2.27. The van der Waals surface area contributed by atoms with Gasteiger partial charge < -0.3 is 24.6 Å². The molecule has 2 rings (SSSR count). The summed E-state index contributed by atoms with van der Waals surface area (Å²) >= 11 is 0. The van der Waals surface area contributed by atoms with Gasteiger partial charge in [0.1, 0.15) is 11.2 Å². The van der Waals surface area contributed by atoms with Crippen LogP contribution in [0.25, 0.3) is 0 Å². The molecule has 0 saturated carbocycles. The number of nitrogens with one attached hydrogen (secondary N) is 2. The minimum Gasteiger partial charge on any atom is -0.493 e. The Hall–Kier alpha value is -3.03. The van der Waals surface area contributed by atoms with Gasteiger partial charge in [-0.3, -0.25) is 9.59 Å². The fourth-order valence-electron chi connectivity index (χ4n) is 2.19. The summed E-state index contributed by atoms with van der Waals surface area (Å²) in [6.45, 7) is 5.04. The first-order chi connectivity index (χ1) is 12.3. The van der Waals surface area contributed by atoms with Crippen LogP contribution in [0.1, 0.15) is 25.2 Å². The van der Waals surface area contributed by atoms with Gasteiger partial charge in [0.05, 0.1) is 14.2 Å². The Balaban J connectivity index is 2.00. The van der Waals surface area contributed by atoms with Gasteiger partial charge in [-0.1, -0.05) is 11.2 Å². The lowest BCUT2D eigenvalue weighted by Crippen LogP contribution is -2.44. The second-order valence-corrected chi connectivity index (χ2v) is 6.27. The van der Waals surface area contributed by atoms with E-state index in [-0.39, 0.29) is 12.4 Å². The Bertz CT molecular complexity index is 798. The van der Waals surface area contributed by atoms with Gasteiger partial charge in [0.25, 0.3) is 0 Å². The van der Waals surface area contributed by atoms with Crippen LogP contribution in [0.5, 0.6) is 11.5 Å². The maximum atomic E-state index is 12.5. The summed E-state index contributed by atoms with van der Waals surface area (Å²) in [5.41, 5.74) is -0.469. The maximum Gasteiger partial charge on any atom is 0.240 e. The Labute approximate surface area is 151 Å². The lowest BCUT2D eigenvalue weighted by molar-refractivity contribution is -0.138. The van der Waals surface area contributed by atoms with Crippen LogP contribution in [0.4, 0.5) is 5.82 Å². The van der Waals surface area contributed by atoms with Crippen molar-refractivity contribution in [1.82, 2.24) is 10.5 Å². The lowest BCUT2D eigenvalue weighted by Gasteiger charge is -2.22. The van der Waals surface area contributed by atoms with Gasteiger partial charge in [0.15, 0.2) is 17.3 Å². The van der Waals surface area contributed by atoms with Crippen LogP contribution in [0, 0.1) is 12.3 Å². The van der Waals surface area contributed by atoms with Gasteiger partial charge in [-0.2, -0.15) is 0 Å². The van der Waals surface area contributed by atoms with Crippen molar-refractivity contribution in [3.8, 4) is 11.5 Å². The number of amides is 2. The van der Waals surface area contributed by atoms with E-state index < -0.39 is 17.2 Å². The molecule has 8 nitrogen and oxygen atoms in total. The fourth-order valence-corrected chi connectivity index (χ4v) is 2.19. The molecule has 0 saturated heterocycles. The summed E-state index contributed by atoms with van der Waals surface area (Å²) < 4.78 is 15.3. The van der Waals surface area contributed by atoms with E-state index in [4.69, 9.17) is 14.0 Å². The third-order valence-electron chi connectivity index (χ3n) is 3.91. The number of carbonyl (C=O) groups excluding carboxylic acids is 2. The standard InChI is InChI=1S/C18H23N3O5/c1-11-8-15(21-26-11)20-17(23)18(2,3)16(22)19-10-12-6-7-13(24-4)14(9-12)25-5/h6-9H,10H2,1-5H3,(H,19,22)(H,20,21,23). The number of carbonyl (C=O) groups is 2. The van der Waals surface area contributed by atoms with Crippen LogP contribution in [0.2, 0.25) is 0 Å². The number of benzene rings is 1. The highest BCUT2D eigenvalue weighted by molar-refractivity contribution is 6.09. The average molecular weight is 361 g/mol. The van der Waals surface area contributed by atoms with Crippen LogP contribution in [-0.4, -0.2) is 31.2 Å². The van der Waals surface area contributed by atoms with Crippen LogP contribution in [0.3, 0.4) is 0 Å². The van der Waals surface area contributed by atoms with Crippen molar-refractivity contribution in [2.24, 2.45) is 5.41 Å². The molecule has 2 N–H and O–H groups in total. The molecule has 0 unspecified atom stereocenters. The predicted octanol–water partition coefficient (Wildman–Crippen LogP) is 2.28. The summed E-state index contributed by atoms with van der Waals surface area (Å²) in [4.78, 5) is 24.9. The van der Waals surface area contributed by atoms with Gasteiger partial charge in [0, 0.05) is 12.6 Å². The number of ether oxygens (including phenoxy) is 2. The molecular weight excluding hydrogens is 338 g/mol. The van der Waals surface area contributed by atoms with Crippen molar-refractivity contribution < 1.29 is 23.6 Å². The molecule has 2 aromatic rings. The van der Waals surface area contributed by atoms with Gasteiger partial charge in [0.2, 0.25) is 11.8 Å². The minimum absolute atomic E-state index is 0.249. The molecule has 0 aliphatic rings. The van der Waals surface area contributed by atoms with Crippen molar-refractivity contribution in [2.45, 2.75) is 27.3 Å². The average Bonchev–Trinajstić information content (AvgIpc) is 3.03. The molecule has 8 heteroatoms. The molecule has 26 heavy (non-hydrogen) atoms. The van der Waals surface area contributed by atoms with Crippen LogP contribution in [0.15, 0.2) is 28.8 Å². The molecule has 0 radical (unpaired) electrons. The molecular formula is C18H23N3O5. The Morgan fingerprint density at radius 1 is 1.12 bits per heavy atom. The number of nitrogens with zero attached hydrogens (tertiary/aromatic N) is 1. The van der Waals surface area contributed by atoms with Crippen molar-refractivity contribution in [3.05, 3.63) is 35.6 Å². The van der Waals surface area contributed by atoms with E-state index in [0.717, 1.165) is 5.56 Å². The summed E-state index contributed by atoms with van der Waals surface area (Å²) in [6, 6.07) is 6.91. The van der Waals surface area contributed by atoms with E-state index >= 15 is 0 Å². The molecule has 0 bridgehead atoms. The van der Waals surface area contributed by atoms with E-state index in [0.29, 0.717) is 17.3 Å². The number of aromatic nitrogens is 1. The topological polar surface area (TPSA) is 103 Å². The molecule has 0 atom stereocenters. The highest BCUT2D eigenvalue weighted by Gasteiger charge is 2.36. The van der Waals surface area contributed by atoms with Gasteiger partial charge in [-0.05, 0) is 38.5 Å². The van der Waals surface area contributed by atoms with E-state index in [1.165, 1.54) is 0 Å². The second-order valence-electron chi connectivity index (χ2n) is 6.27. The normalized spacial score (nSPS) is 11.0. The quantitative estimate of drug-likeness (QED) is 0.734. The number of rotatable bonds is 7. The van der Waals surface area contributed by atoms with Gasteiger partial charge in [-0.25, -0.2) is 0 Å². The smallest absolute Gasteiger partial charge is 0.240 e. The largest absolute Gasteiger partial charge is 0.493 e. The zero-order valence-electron chi connectivity index (χ0n) is 15.5. The van der Waals surface area contributed by atoms with Crippen molar-refractivity contribution in [3.63, 3.8) is 0 Å². The van der Waals surface area contributed by atoms with E-state index in [1.54, 1.807) is 53.2 Å². The number of hydrogen-bond acceptors (Lipinski definition) is 6. The molecule has 1 aromatic carbocycles. The molecule has 0 aliphatic heterocycles. The van der Waals surface area contributed by atoms with Gasteiger partial charge in [-0.15, -0.1) is 0 Å². The summed E-state index contributed by atoms with van der Waals surface area (Å²) in [6.07, 6.45) is 0. The fraction of sp³-hybridized carbons (Fsp3) is 0.389. The summed E-state index contributed by atoms with van der Waals surface area (Å²) in [5, 5.41) is 9.03. The number of methoxy groups -OCH3 is 2. The zero-order chi connectivity index (χ0) is 19.3. The second kappa shape index (κ2) is 7.90. The molecule has 2 amide bonds. The van der Waals surface area contributed by atoms with E-state index in [9.17, 15) is 9.59 Å². The number of aryl methyl sites for hydroxylation is 1. The molecule has 1 heterocycles. The van der Waals surface area contributed by atoms with Crippen LogP contribution >= 0.6 is 0 Å².